The van der Waals surface area contributed by atoms with Crippen LogP contribution in [0.4, 0.5) is 0 Å². The van der Waals surface area contributed by atoms with Crippen LogP contribution in [-0.4, -0.2) is 29.6 Å². The first-order chi connectivity index (χ1) is 8.90. The van der Waals surface area contributed by atoms with Crippen molar-refractivity contribution < 1.29 is 19.4 Å². The van der Waals surface area contributed by atoms with Gasteiger partial charge >= 0.3 is 5.97 Å². The third kappa shape index (κ3) is 2.54. The van der Waals surface area contributed by atoms with E-state index >= 15 is 0 Å². The monoisotopic (exact) mass is 263 g/mol. The van der Waals surface area contributed by atoms with Gasteiger partial charge in [-0.15, -0.1) is 0 Å². The SMILES string of the molecule is Cc1cc2c(cc1C)C(C(=O)NC(C)C(=O)O)CO2. The Labute approximate surface area is 111 Å². The second kappa shape index (κ2) is 4.91. The van der Waals surface area contributed by atoms with Crippen molar-refractivity contribution in [3.8, 4) is 5.75 Å². The summed E-state index contributed by atoms with van der Waals surface area (Å²) in [5, 5.41) is 11.3. The van der Waals surface area contributed by atoms with Crippen molar-refractivity contribution in [1.82, 2.24) is 5.32 Å². The van der Waals surface area contributed by atoms with Gasteiger partial charge in [-0.3, -0.25) is 9.59 Å². The summed E-state index contributed by atoms with van der Waals surface area (Å²) in [4.78, 5) is 22.8. The predicted molar refractivity (Wildman–Crippen MR) is 69.4 cm³/mol. The Morgan fingerprint density at radius 1 is 1.37 bits per heavy atom. The van der Waals surface area contributed by atoms with Gasteiger partial charge in [0.15, 0.2) is 0 Å². The molecule has 0 fully saturated rings. The van der Waals surface area contributed by atoms with E-state index in [9.17, 15) is 9.59 Å². The average molecular weight is 263 g/mol. The molecule has 2 rings (SSSR count). The van der Waals surface area contributed by atoms with E-state index in [-0.39, 0.29) is 12.5 Å². The van der Waals surface area contributed by atoms with Crippen LogP contribution in [0.25, 0.3) is 0 Å². The molecule has 0 bridgehead atoms. The van der Waals surface area contributed by atoms with E-state index in [2.05, 4.69) is 5.32 Å². The van der Waals surface area contributed by atoms with Crippen LogP contribution in [0.3, 0.4) is 0 Å². The lowest BCUT2D eigenvalue weighted by Gasteiger charge is -2.13. The quantitative estimate of drug-likeness (QED) is 0.863. The first kappa shape index (κ1) is 13.4. The number of aryl methyl sites for hydroxylation is 2. The van der Waals surface area contributed by atoms with Gasteiger partial charge in [-0.1, -0.05) is 6.07 Å². The lowest BCUT2D eigenvalue weighted by atomic mass is 9.96. The summed E-state index contributed by atoms with van der Waals surface area (Å²) in [5.41, 5.74) is 3.03. The van der Waals surface area contributed by atoms with E-state index in [4.69, 9.17) is 9.84 Å². The van der Waals surface area contributed by atoms with Gasteiger partial charge in [-0.2, -0.15) is 0 Å². The number of benzene rings is 1. The molecule has 2 unspecified atom stereocenters. The molecular formula is C14H17NO4. The smallest absolute Gasteiger partial charge is 0.325 e. The van der Waals surface area contributed by atoms with Gasteiger partial charge in [-0.05, 0) is 38.0 Å². The number of carboxylic acids is 1. The predicted octanol–water partition coefficient (Wildman–Crippen LogP) is 1.37. The second-order valence-corrected chi connectivity index (χ2v) is 4.91. The number of hydrogen-bond acceptors (Lipinski definition) is 3. The van der Waals surface area contributed by atoms with Crippen LogP contribution >= 0.6 is 0 Å². The molecule has 0 aliphatic carbocycles. The molecule has 19 heavy (non-hydrogen) atoms. The molecule has 5 nitrogen and oxygen atoms in total. The van der Waals surface area contributed by atoms with Crippen LogP contribution in [0, 0.1) is 13.8 Å². The average Bonchev–Trinajstić information content (AvgIpc) is 2.72. The minimum absolute atomic E-state index is 0.260. The summed E-state index contributed by atoms with van der Waals surface area (Å²) < 4.78 is 5.50. The van der Waals surface area contributed by atoms with E-state index in [0.29, 0.717) is 5.75 Å². The van der Waals surface area contributed by atoms with Gasteiger partial charge in [-0.25, -0.2) is 0 Å². The fourth-order valence-electron chi connectivity index (χ4n) is 2.06. The minimum atomic E-state index is -1.05. The van der Waals surface area contributed by atoms with Crippen LogP contribution < -0.4 is 10.1 Å². The van der Waals surface area contributed by atoms with E-state index in [1.54, 1.807) is 0 Å². The normalized spacial score (nSPS) is 18.4. The van der Waals surface area contributed by atoms with Gasteiger partial charge in [0.25, 0.3) is 0 Å². The highest BCUT2D eigenvalue weighted by Gasteiger charge is 2.32. The lowest BCUT2D eigenvalue weighted by molar-refractivity contribution is -0.141. The van der Waals surface area contributed by atoms with Crippen molar-refractivity contribution in [2.24, 2.45) is 0 Å². The molecule has 0 aromatic heterocycles. The van der Waals surface area contributed by atoms with Gasteiger partial charge in [0.05, 0.1) is 0 Å². The van der Waals surface area contributed by atoms with Gasteiger partial charge in [0, 0.05) is 5.56 Å². The number of aliphatic carboxylic acids is 1. The fourth-order valence-corrected chi connectivity index (χ4v) is 2.06. The molecule has 0 spiro atoms. The molecule has 1 heterocycles. The van der Waals surface area contributed by atoms with Crippen LogP contribution in [0.15, 0.2) is 12.1 Å². The molecule has 0 radical (unpaired) electrons. The van der Waals surface area contributed by atoms with Crippen LogP contribution in [0.5, 0.6) is 5.75 Å². The fraction of sp³-hybridized carbons (Fsp3) is 0.429. The molecule has 0 saturated carbocycles. The van der Waals surface area contributed by atoms with Gasteiger partial charge in [0.2, 0.25) is 5.91 Å². The lowest BCUT2D eigenvalue weighted by Crippen LogP contribution is -2.41. The summed E-state index contributed by atoms with van der Waals surface area (Å²) >= 11 is 0. The molecule has 5 heteroatoms. The van der Waals surface area contributed by atoms with E-state index in [0.717, 1.165) is 16.7 Å². The summed E-state index contributed by atoms with van der Waals surface area (Å²) in [6, 6.07) is 2.95. The number of nitrogens with one attached hydrogen (secondary N) is 1. The van der Waals surface area contributed by atoms with Crippen molar-refractivity contribution >= 4 is 11.9 Å². The molecular weight excluding hydrogens is 246 g/mol. The molecule has 1 aromatic rings. The van der Waals surface area contributed by atoms with Crippen molar-refractivity contribution in [2.45, 2.75) is 32.7 Å². The molecule has 1 amide bonds. The summed E-state index contributed by atoms with van der Waals surface area (Å²) in [6.45, 7) is 5.66. The third-order valence-corrected chi connectivity index (χ3v) is 3.45. The number of carbonyl (C=O) groups is 2. The maximum Gasteiger partial charge on any atom is 0.325 e. The first-order valence-corrected chi connectivity index (χ1v) is 6.17. The molecule has 1 aliphatic rings. The highest BCUT2D eigenvalue weighted by Crippen LogP contribution is 2.36. The Bertz CT molecular complexity index is 538. The largest absolute Gasteiger partial charge is 0.492 e. The number of fused-ring (bicyclic) bond motifs is 1. The first-order valence-electron chi connectivity index (χ1n) is 6.17. The van der Waals surface area contributed by atoms with Crippen molar-refractivity contribution in [2.75, 3.05) is 6.61 Å². The zero-order valence-electron chi connectivity index (χ0n) is 11.2. The third-order valence-electron chi connectivity index (χ3n) is 3.45. The van der Waals surface area contributed by atoms with Crippen LogP contribution in [0.1, 0.15) is 29.5 Å². The number of rotatable bonds is 3. The highest BCUT2D eigenvalue weighted by molar-refractivity contribution is 5.89. The number of carbonyl (C=O) groups excluding carboxylic acids is 1. The summed E-state index contributed by atoms with van der Waals surface area (Å²) in [7, 11) is 0. The number of ether oxygens (including phenoxy) is 1. The topological polar surface area (TPSA) is 75.6 Å². The Morgan fingerprint density at radius 2 is 2.00 bits per heavy atom. The van der Waals surface area contributed by atoms with Gasteiger partial charge < -0.3 is 15.2 Å². The standard InChI is InChI=1S/C14H17NO4/c1-7-4-10-11(6-19-12(10)5-8(7)2)13(16)15-9(3)14(17)18/h4-5,9,11H,6H2,1-3H3,(H,15,16)(H,17,18). The van der Waals surface area contributed by atoms with Gasteiger partial charge in [0.1, 0.15) is 24.3 Å². The highest BCUT2D eigenvalue weighted by atomic mass is 16.5. The van der Waals surface area contributed by atoms with Crippen molar-refractivity contribution in [1.29, 1.82) is 0 Å². The molecule has 1 aliphatic heterocycles. The second-order valence-electron chi connectivity index (χ2n) is 4.91. The minimum Gasteiger partial charge on any atom is -0.492 e. The number of hydrogen-bond donors (Lipinski definition) is 2. The van der Waals surface area contributed by atoms with Crippen molar-refractivity contribution in [3.63, 3.8) is 0 Å². The molecule has 2 N–H and O–H groups in total. The van der Waals surface area contributed by atoms with E-state index < -0.39 is 17.9 Å². The zero-order valence-corrected chi connectivity index (χ0v) is 11.2. The van der Waals surface area contributed by atoms with Crippen molar-refractivity contribution in [3.05, 3.63) is 28.8 Å². The summed E-state index contributed by atoms with van der Waals surface area (Å²) in [5.74, 6) is -1.08. The maximum atomic E-state index is 12.1. The number of carboxylic acid groups (broad SMARTS) is 1. The molecule has 0 saturated heterocycles. The molecule has 1 aromatic carbocycles. The zero-order chi connectivity index (χ0) is 14.2. The Kier molecular flexibility index (Phi) is 3.46. The summed E-state index contributed by atoms with van der Waals surface area (Å²) in [6.07, 6.45) is 0. The Hall–Kier alpha value is -2.04. The Morgan fingerprint density at radius 3 is 2.63 bits per heavy atom. The van der Waals surface area contributed by atoms with Crippen LogP contribution in [-0.2, 0) is 9.59 Å². The molecule has 102 valence electrons. The number of amides is 1. The maximum absolute atomic E-state index is 12.1. The van der Waals surface area contributed by atoms with Crippen LogP contribution in [0.2, 0.25) is 0 Å². The van der Waals surface area contributed by atoms with E-state index in [1.807, 2.05) is 26.0 Å². The molecule has 2 atom stereocenters. The van der Waals surface area contributed by atoms with E-state index in [1.165, 1.54) is 6.92 Å². The Balaban J connectivity index is 2.20.